The zero-order valence-electron chi connectivity index (χ0n) is 21.7. The van der Waals surface area contributed by atoms with Crippen molar-refractivity contribution in [3.8, 4) is 0 Å². The van der Waals surface area contributed by atoms with Gasteiger partial charge in [-0.25, -0.2) is 22.5 Å². The second-order valence-electron chi connectivity index (χ2n) is 10.1. The highest BCUT2D eigenvalue weighted by Crippen LogP contribution is 2.42. The minimum atomic E-state index is -3.94. The highest BCUT2D eigenvalue weighted by atomic mass is 32.2. The number of imidazole rings is 1. The predicted octanol–water partition coefficient (Wildman–Crippen LogP) is 4.58. The van der Waals surface area contributed by atoms with Crippen molar-refractivity contribution in [2.45, 2.75) is 62.4 Å². The largest absolute Gasteiger partial charge is 0.481 e. The first kappa shape index (κ1) is 26.0. The fraction of sp³-hybridized carbons (Fsp3) is 0.444. The van der Waals surface area contributed by atoms with Crippen LogP contribution < -0.4 is 9.21 Å². The number of carbonyl (C=O) groups is 2. The van der Waals surface area contributed by atoms with Gasteiger partial charge in [0.05, 0.1) is 34.6 Å². The molecule has 2 aromatic carbocycles. The van der Waals surface area contributed by atoms with Gasteiger partial charge in [0.2, 0.25) is 5.95 Å². The molecule has 5 rings (SSSR count). The van der Waals surface area contributed by atoms with Crippen molar-refractivity contribution >= 4 is 44.8 Å². The Kier molecular flexibility index (Phi) is 6.81. The first-order valence-corrected chi connectivity index (χ1v) is 14.3. The number of methoxy groups -OCH3 is 1. The maximum atomic E-state index is 13.6. The minimum absolute atomic E-state index is 0.0650. The van der Waals surface area contributed by atoms with E-state index in [4.69, 9.17) is 9.72 Å². The lowest BCUT2D eigenvalue weighted by atomic mass is 9.85. The summed E-state index contributed by atoms with van der Waals surface area (Å²) in [5, 5.41) is 9.73. The number of rotatable bonds is 5. The standard InChI is InChI=1S/C27H32N4O6S/c1-17-12-13-21-22(30(17)27(34)37-3)14-15-23-24(21)28-26(29(2)38(35,36)20-10-5-4-6-11-20)31(23)19-9-7-8-18(16-19)25(32)33/h4-6,10-11,14-15,17-19H,7-9,12-13,16H2,1-3H3,(H,32,33)/t17-,18+,19+/m0/s1. The molecule has 38 heavy (non-hydrogen) atoms. The second kappa shape index (κ2) is 9.94. The number of aromatic nitrogens is 2. The average Bonchev–Trinajstić information content (AvgIpc) is 3.32. The third-order valence-electron chi connectivity index (χ3n) is 7.85. The molecule has 1 aromatic heterocycles. The van der Waals surface area contributed by atoms with Crippen molar-refractivity contribution in [2.24, 2.45) is 5.92 Å². The van der Waals surface area contributed by atoms with E-state index in [0.29, 0.717) is 49.7 Å². The Labute approximate surface area is 221 Å². The summed E-state index contributed by atoms with van der Waals surface area (Å²) in [4.78, 5) is 31.1. The Morgan fingerprint density at radius 1 is 1.11 bits per heavy atom. The molecule has 1 N–H and O–H groups in total. The van der Waals surface area contributed by atoms with E-state index in [2.05, 4.69) is 0 Å². The minimum Gasteiger partial charge on any atom is -0.481 e. The molecule has 11 heteroatoms. The van der Waals surface area contributed by atoms with Crippen LogP contribution in [0.25, 0.3) is 11.0 Å². The molecule has 2 heterocycles. The van der Waals surface area contributed by atoms with Crippen molar-refractivity contribution in [2.75, 3.05) is 23.4 Å². The van der Waals surface area contributed by atoms with Crippen LogP contribution in [0.3, 0.4) is 0 Å². The molecule has 0 bridgehead atoms. The summed E-state index contributed by atoms with van der Waals surface area (Å²) in [5.41, 5.74) is 2.89. The number of ether oxygens (including phenoxy) is 1. The zero-order valence-corrected chi connectivity index (χ0v) is 22.5. The monoisotopic (exact) mass is 540 g/mol. The maximum Gasteiger partial charge on any atom is 0.414 e. The van der Waals surface area contributed by atoms with E-state index < -0.39 is 28.0 Å². The van der Waals surface area contributed by atoms with Gasteiger partial charge in [-0.05, 0) is 63.3 Å². The molecule has 0 spiro atoms. The SMILES string of the molecule is COC(=O)N1c2ccc3c(nc(N(C)S(=O)(=O)c4ccccc4)n3[C@@H]3CCC[C@@H](C(=O)O)C3)c2CC[C@@H]1C. The number of aliphatic carboxylic acids is 1. The fourth-order valence-electron chi connectivity index (χ4n) is 5.83. The number of carbonyl (C=O) groups excluding carboxylic acids is 1. The van der Waals surface area contributed by atoms with Crippen LogP contribution in [-0.2, 0) is 26.0 Å². The zero-order chi connectivity index (χ0) is 27.2. The van der Waals surface area contributed by atoms with Gasteiger partial charge in [0, 0.05) is 24.7 Å². The molecule has 3 atom stereocenters. The second-order valence-corrected chi connectivity index (χ2v) is 12.1. The van der Waals surface area contributed by atoms with Crippen LogP contribution in [-0.4, -0.2) is 55.3 Å². The molecule has 1 amide bonds. The van der Waals surface area contributed by atoms with Gasteiger partial charge in [-0.3, -0.25) is 9.69 Å². The quantitative estimate of drug-likeness (QED) is 0.502. The molecular formula is C27H32N4O6S. The third kappa shape index (κ3) is 4.28. The van der Waals surface area contributed by atoms with Crippen LogP contribution in [0.1, 0.15) is 50.6 Å². The summed E-state index contributed by atoms with van der Waals surface area (Å²) >= 11 is 0. The Morgan fingerprint density at radius 2 is 1.84 bits per heavy atom. The van der Waals surface area contributed by atoms with Crippen molar-refractivity contribution in [3.05, 3.63) is 48.0 Å². The van der Waals surface area contributed by atoms with Crippen molar-refractivity contribution in [1.29, 1.82) is 0 Å². The number of hydrogen-bond acceptors (Lipinski definition) is 6. The Morgan fingerprint density at radius 3 is 2.53 bits per heavy atom. The molecule has 1 aliphatic carbocycles. The van der Waals surface area contributed by atoms with Gasteiger partial charge in [-0.2, -0.15) is 0 Å². The van der Waals surface area contributed by atoms with Crippen molar-refractivity contribution in [1.82, 2.24) is 9.55 Å². The van der Waals surface area contributed by atoms with E-state index in [1.165, 1.54) is 30.6 Å². The lowest BCUT2D eigenvalue weighted by molar-refractivity contribution is -0.143. The van der Waals surface area contributed by atoms with Gasteiger partial charge in [0.1, 0.15) is 0 Å². The Bertz CT molecular complexity index is 1490. The number of carboxylic acids is 1. The third-order valence-corrected chi connectivity index (χ3v) is 9.60. The molecule has 0 radical (unpaired) electrons. The number of nitrogens with zero attached hydrogens (tertiary/aromatic N) is 4. The molecular weight excluding hydrogens is 508 g/mol. The Balaban J connectivity index is 1.71. The fourth-order valence-corrected chi connectivity index (χ4v) is 6.99. The number of hydrogen-bond donors (Lipinski definition) is 1. The van der Waals surface area contributed by atoms with E-state index >= 15 is 0 Å². The van der Waals surface area contributed by atoms with Gasteiger partial charge in [-0.15, -0.1) is 0 Å². The van der Waals surface area contributed by atoms with E-state index in [1.807, 2.05) is 23.6 Å². The Hall–Kier alpha value is -3.60. The number of amides is 1. The number of carboxylic acid groups (broad SMARTS) is 1. The van der Waals surface area contributed by atoms with Gasteiger partial charge >= 0.3 is 12.1 Å². The number of fused-ring (bicyclic) bond motifs is 3. The van der Waals surface area contributed by atoms with Gasteiger partial charge in [-0.1, -0.05) is 24.6 Å². The van der Waals surface area contributed by atoms with E-state index in [0.717, 1.165) is 11.1 Å². The molecule has 202 valence electrons. The van der Waals surface area contributed by atoms with Gasteiger partial charge in [0.15, 0.2) is 0 Å². The predicted molar refractivity (Wildman–Crippen MR) is 143 cm³/mol. The summed E-state index contributed by atoms with van der Waals surface area (Å²) in [6, 6.07) is 11.6. The van der Waals surface area contributed by atoms with E-state index in [1.54, 1.807) is 23.1 Å². The highest BCUT2D eigenvalue weighted by molar-refractivity contribution is 7.92. The number of sulfonamides is 1. The van der Waals surface area contributed by atoms with E-state index in [9.17, 15) is 23.1 Å². The lowest BCUT2D eigenvalue weighted by Crippen LogP contribution is -2.42. The maximum absolute atomic E-state index is 13.6. The van der Waals surface area contributed by atoms with Crippen LogP contribution in [0, 0.1) is 5.92 Å². The summed E-state index contributed by atoms with van der Waals surface area (Å²) in [6.45, 7) is 1.96. The summed E-state index contributed by atoms with van der Waals surface area (Å²) in [5.74, 6) is -1.12. The van der Waals surface area contributed by atoms with Gasteiger partial charge in [0.25, 0.3) is 10.0 Å². The number of anilines is 2. The van der Waals surface area contributed by atoms with Gasteiger partial charge < -0.3 is 14.4 Å². The summed E-state index contributed by atoms with van der Waals surface area (Å²) < 4.78 is 35.4. The lowest BCUT2D eigenvalue weighted by Gasteiger charge is -2.34. The van der Waals surface area contributed by atoms with Crippen LogP contribution in [0.5, 0.6) is 0 Å². The van der Waals surface area contributed by atoms with Crippen LogP contribution in [0.15, 0.2) is 47.4 Å². The molecule has 0 saturated heterocycles. The van der Waals surface area contributed by atoms with Crippen molar-refractivity contribution < 1.29 is 27.9 Å². The van der Waals surface area contributed by atoms with Crippen LogP contribution in [0.2, 0.25) is 0 Å². The van der Waals surface area contributed by atoms with Crippen LogP contribution >= 0.6 is 0 Å². The van der Waals surface area contributed by atoms with E-state index in [-0.39, 0.29) is 22.9 Å². The highest BCUT2D eigenvalue weighted by Gasteiger charge is 2.36. The molecule has 1 fully saturated rings. The number of aryl methyl sites for hydroxylation is 1. The molecule has 10 nitrogen and oxygen atoms in total. The summed E-state index contributed by atoms with van der Waals surface area (Å²) in [6.07, 6.45) is 3.31. The normalized spacial score (nSPS) is 21.7. The average molecular weight is 541 g/mol. The van der Waals surface area contributed by atoms with Crippen LogP contribution in [0.4, 0.5) is 16.4 Å². The number of benzene rings is 2. The molecule has 1 saturated carbocycles. The smallest absolute Gasteiger partial charge is 0.414 e. The molecule has 1 aliphatic heterocycles. The molecule has 3 aromatic rings. The van der Waals surface area contributed by atoms with Crippen molar-refractivity contribution in [3.63, 3.8) is 0 Å². The summed E-state index contributed by atoms with van der Waals surface area (Å²) in [7, 11) is -1.11. The molecule has 2 aliphatic rings. The first-order chi connectivity index (χ1) is 18.1. The molecule has 0 unspecified atom stereocenters. The topological polar surface area (TPSA) is 122 Å². The first-order valence-electron chi connectivity index (χ1n) is 12.8.